The van der Waals surface area contributed by atoms with Crippen molar-refractivity contribution in [1.82, 2.24) is 0 Å². The van der Waals surface area contributed by atoms with Crippen molar-refractivity contribution in [3.8, 4) is 5.75 Å². The number of anilines is 1. The minimum absolute atomic E-state index is 0.309. The van der Waals surface area contributed by atoms with Gasteiger partial charge in [-0.1, -0.05) is 37.3 Å². The first-order valence-electron chi connectivity index (χ1n) is 6.51. The second-order valence-electron chi connectivity index (χ2n) is 5.15. The largest absolute Gasteiger partial charge is 0.486 e. The first kappa shape index (κ1) is 11.2. The van der Waals surface area contributed by atoms with E-state index in [1.165, 1.54) is 32.1 Å². The monoisotopic (exact) mass is 251 g/mol. The molecule has 2 aliphatic rings. The summed E-state index contributed by atoms with van der Waals surface area (Å²) in [5, 5.41) is 4.17. The molecule has 1 aromatic carbocycles. The van der Waals surface area contributed by atoms with Crippen LogP contribution in [0, 0.1) is 5.92 Å². The third-order valence-electron chi connectivity index (χ3n) is 3.83. The van der Waals surface area contributed by atoms with E-state index in [1.54, 1.807) is 0 Å². The molecule has 1 unspecified atom stereocenters. The van der Waals surface area contributed by atoms with Crippen LogP contribution in [0.3, 0.4) is 0 Å². The number of fused-ring (bicyclic) bond motifs is 1. The first-order chi connectivity index (χ1) is 8.31. The summed E-state index contributed by atoms with van der Waals surface area (Å²) in [5.41, 5.74) is 1.07. The summed E-state index contributed by atoms with van der Waals surface area (Å²) in [5.74, 6) is 1.77. The topological polar surface area (TPSA) is 21.3 Å². The molecule has 0 saturated heterocycles. The van der Waals surface area contributed by atoms with Gasteiger partial charge in [-0.2, -0.15) is 0 Å². The van der Waals surface area contributed by atoms with Gasteiger partial charge in [-0.05, 0) is 24.5 Å². The average Bonchev–Trinajstić information content (AvgIpc) is 2.81. The quantitative estimate of drug-likeness (QED) is 0.855. The Morgan fingerprint density at radius 2 is 2.12 bits per heavy atom. The average molecular weight is 252 g/mol. The van der Waals surface area contributed by atoms with E-state index in [0.29, 0.717) is 6.10 Å². The van der Waals surface area contributed by atoms with E-state index in [-0.39, 0.29) is 0 Å². The molecule has 1 heterocycles. The van der Waals surface area contributed by atoms with E-state index in [2.05, 4.69) is 5.32 Å². The summed E-state index contributed by atoms with van der Waals surface area (Å²) in [6.45, 7) is 0.922. The number of rotatable bonds is 2. The summed E-state index contributed by atoms with van der Waals surface area (Å²) in [6, 6.07) is 5.79. The highest BCUT2D eigenvalue weighted by Gasteiger charge is 2.24. The fourth-order valence-corrected chi connectivity index (χ4v) is 3.10. The van der Waals surface area contributed by atoms with Gasteiger partial charge in [-0.3, -0.25) is 0 Å². The zero-order chi connectivity index (χ0) is 11.7. The van der Waals surface area contributed by atoms with Crippen LogP contribution in [0.15, 0.2) is 18.2 Å². The van der Waals surface area contributed by atoms with Gasteiger partial charge in [-0.15, -0.1) is 0 Å². The van der Waals surface area contributed by atoms with Gasteiger partial charge in [0.2, 0.25) is 0 Å². The summed E-state index contributed by atoms with van der Waals surface area (Å²) in [7, 11) is 0. The van der Waals surface area contributed by atoms with E-state index in [4.69, 9.17) is 16.3 Å². The van der Waals surface area contributed by atoms with Crippen LogP contribution in [-0.2, 0) is 0 Å². The van der Waals surface area contributed by atoms with Crippen molar-refractivity contribution in [2.24, 2.45) is 5.92 Å². The Bertz CT molecular complexity index is 401. The van der Waals surface area contributed by atoms with Crippen LogP contribution >= 0.6 is 11.6 Å². The van der Waals surface area contributed by atoms with Crippen LogP contribution < -0.4 is 10.1 Å². The summed E-state index contributed by atoms with van der Waals surface area (Å²) >= 11 is 5.99. The molecule has 0 bridgehead atoms. The highest BCUT2D eigenvalue weighted by atomic mass is 35.5. The molecule has 1 fully saturated rings. The third-order valence-corrected chi connectivity index (χ3v) is 4.06. The molecule has 1 saturated carbocycles. The molecule has 0 aromatic heterocycles. The van der Waals surface area contributed by atoms with Gasteiger partial charge >= 0.3 is 0 Å². The maximum atomic E-state index is 6.03. The van der Waals surface area contributed by atoms with Gasteiger partial charge in [0.15, 0.2) is 0 Å². The minimum Gasteiger partial charge on any atom is -0.486 e. The molecule has 1 atom stereocenters. The van der Waals surface area contributed by atoms with Crippen LogP contribution in [0.5, 0.6) is 5.75 Å². The van der Waals surface area contributed by atoms with Gasteiger partial charge < -0.3 is 10.1 Å². The van der Waals surface area contributed by atoms with E-state index in [0.717, 1.165) is 28.9 Å². The maximum Gasteiger partial charge on any atom is 0.144 e. The van der Waals surface area contributed by atoms with Crippen LogP contribution in [0.25, 0.3) is 0 Å². The van der Waals surface area contributed by atoms with Crippen molar-refractivity contribution >= 4 is 17.3 Å². The number of hydrogen-bond acceptors (Lipinski definition) is 2. The Hall–Kier alpha value is -0.890. The lowest BCUT2D eigenvalue weighted by atomic mass is 9.99. The molecule has 3 heteroatoms. The molecule has 1 aliphatic heterocycles. The molecule has 17 heavy (non-hydrogen) atoms. The standard InChI is InChI=1S/C14H18ClNO/c15-11-5-6-13-14(8-11)17-12(9-16-13)7-10-3-1-2-4-10/h5-6,8,10,12,16H,1-4,7,9H2. The molecule has 0 radical (unpaired) electrons. The summed E-state index contributed by atoms with van der Waals surface area (Å²) in [6.07, 6.45) is 7.04. The Kier molecular flexibility index (Phi) is 3.15. The van der Waals surface area contributed by atoms with Crippen molar-refractivity contribution in [2.45, 2.75) is 38.2 Å². The molecule has 0 amide bonds. The van der Waals surface area contributed by atoms with Gasteiger partial charge in [0.1, 0.15) is 11.9 Å². The Labute approximate surface area is 107 Å². The molecule has 1 aliphatic carbocycles. The van der Waals surface area contributed by atoms with Crippen LogP contribution in [-0.4, -0.2) is 12.6 Å². The molecular formula is C14H18ClNO. The van der Waals surface area contributed by atoms with Crippen molar-refractivity contribution in [3.05, 3.63) is 23.2 Å². The van der Waals surface area contributed by atoms with Gasteiger partial charge in [0.25, 0.3) is 0 Å². The van der Waals surface area contributed by atoms with Gasteiger partial charge in [0, 0.05) is 11.1 Å². The predicted molar refractivity (Wildman–Crippen MR) is 70.9 cm³/mol. The second kappa shape index (κ2) is 4.77. The summed E-state index contributed by atoms with van der Waals surface area (Å²) in [4.78, 5) is 0. The van der Waals surface area contributed by atoms with Gasteiger partial charge in [-0.25, -0.2) is 0 Å². The minimum atomic E-state index is 0.309. The number of halogens is 1. The van der Waals surface area contributed by atoms with E-state index in [9.17, 15) is 0 Å². The maximum absolute atomic E-state index is 6.03. The first-order valence-corrected chi connectivity index (χ1v) is 6.89. The SMILES string of the molecule is Clc1ccc2c(c1)OC(CC1CCCC1)CN2. The Morgan fingerprint density at radius 3 is 2.94 bits per heavy atom. The van der Waals surface area contributed by atoms with Crippen LogP contribution in [0.4, 0.5) is 5.69 Å². The zero-order valence-corrected chi connectivity index (χ0v) is 10.7. The molecule has 3 rings (SSSR count). The molecule has 0 spiro atoms. The number of nitrogens with one attached hydrogen (secondary N) is 1. The zero-order valence-electron chi connectivity index (χ0n) is 9.92. The fourth-order valence-electron chi connectivity index (χ4n) is 2.93. The molecule has 92 valence electrons. The molecule has 2 nitrogen and oxygen atoms in total. The number of hydrogen-bond donors (Lipinski definition) is 1. The van der Waals surface area contributed by atoms with Crippen molar-refractivity contribution in [3.63, 3.8) is 0 Å². The number of benzene rings is 1. The van der Waals surface area contributed by atoms with Gasteiger partial charge in [0.05, 0.1) is 12.2 Å². The van der Waals surface area contributed by atoms with E-state index < -0.39 is 0 Å². The second-order valence-corrected chi connectivity index (χ2v) is 5.58. The summed E-state index contributed by atoms with van der Waals surface area (Å²) < 4.78 is 6.03. The van der Waals surface area contributed by atoms with Crippen molar-refractivity contribution in [2.75, 3.05) is 11.9 Å². The highest BCUT2D eigenvalue weighted by Crippen LogP contribution is 2.35. The van der Waals surface area contributed by atoms with Crippen LogP contribution in [0.1, 0.15) is 32.1 Å². The molecule has 1 aromatic rings. The fraction of sp³-hybridized carbons (Fsp3) is 0.571. The van der Waals surface area contributed by atoms with Crippen molar-refractivity contribution in [1.29, 1.82) is 0 Å². The lowest BCUT2D eigenvalue weighted by Crippen LogP contribution is -2.32. The number of ether oxygens (including phenoxy) is 1. The van der Waals surface area contributed by atoms with Crippen LogP contribution in [0.2, 0.25) is 5.02 Å². The smallest absolute Gasteiger partial charge is 0.144 e. The highest BCUT2D eigenvalue weighted by molar-refractivity contribution is 6.30. The third kappa shape index (κ3) is 2.52. The molecule has 1 N–H and O–H groups in total. The Balaban J connectivity index is 1.67. The lowest BCUT2D eigenvalue weighted by molar-refractivity contribution is 0.172. The normalized spacial score (nSPS) is 23.9. The van der Waals surface area contributed by atoms with E-state index >= 15 is 0 Å². The Morgan fingerprint density at radius 1 is 1.29 bits per heavy atom. The predicted octanol–water partition coefficient (Wildman–Crippen LogP) is 4.09. The molecular weight excluding hydrogens is 234 g/mol. The van der Waals surface area contributed by atoms with Crippen molar-refractivity contribution < 1.29 is 4.74 Å². The van der Waals surface area contributed by atoms with E-state index in [1.807, 2.05) is 18.2 Å². The lowest BCUT2D eigenvalue weighted by Gasteiger charge is -2.29.